The van der Waals surface area contributed by atoms with E-state index in [9.17, 15) is 9.59 Å². The molecule has 0 aromatic heterocycles. The molecular formula is C19H25BrN6O3. The van der Waals surface area contributed by atoms with Gasteiger partial charge in [-0.15, -0.1) is 0 Å². The number of carbonyl (C=O) groups is 2. The smallest absolute Gasteiger partial charge is 0.254 e. The summed E-state index contributed by atoms with van der Waals surface area (Å²) >= 11 is 3.48. The van der Waals surface area contributed by atoms with Crippen molar-refractivity contribution < 1.29 is 14.3 Å². The van der Waals surface area contributed by atoms with Crippen molar-refractivity contribution in [3.8, 4) is 0 Å². The maximum absolute atomic E-state index is 12.7. The molecule has 0 saturated carbocycles. The lowest BCUT2D eigenvalue weighted by Gasteiger charge is -2.42. The van der Waals surface area contributed by atoms with Gasteiger partial charge in [0, 0.05) is 44.0 Å². The molecule has 9 nitrogen and oxygen atoms in total. The topological polar surface area (TPSA) is 89.2 Å². The number of rotatable bonds is 4. The van der Waals surface area contributed by atoms with Gasteiger partial charge in [0.15, 0.2) is 0 Å². The van der Waals surface area contributed by atoms with Gasteiger partial charge in [0.1, 0.15) is 19.1 Å². The van der Waals surface area contributed by atoms with E-state index in [0.717, 1.165) is 15.7 Å². The minimum Gasteiger partial charge on any atom is -0.375 e. The minimum atomic E-state index is -0.289. The number of anilines is 1. The van der Waals surface area contributed by atoms with Crippen LogP contribution in [0.2, 0.25) is 0 Å². The number of amides is 2. The van der Waals surface area contributed by atoms with Crippen LogP contribution in [0.1, 0.15) is 5.56 Å². The summed E-state index contributed by atoms with van der Waals surface area (Å²) in [5.41, 5.74) is 6.09. The number of carbonyl (C=O) groups excluding carboxylic acids is 2. The first-order valence-electron chi connectivity index (χ1n) is 9.57. The van der Waals surface area contributed by atoms with E-state index < -0.39 is 0 Å². The summed E-state index contributed by atoms with van der Waals surface area (Å²) in [5.74, 6) is -0.0996. The van der Waals surface area contributed by atoms with Crippen molar-refractivity contribution in [1.82, 2.24) is 25.9 Å². The Morgan fingerprint density at radius 2 is 2.03 bits per heavy atom. The fourth-order valence-corrected chi connectivity index (χ4v) is 4.33. The van der Waals surface area contributed by atoms with Crippen LogP contribution in [0.3, 0.4) is 0 Å². The van der Waals surface area contributed by atoms with Crippen LogP contribution in [0.15, 0.2) is 34.4 Å². The fraction of sp³-hybridized carbons (Fsp3) is 0.474. The number of hydrazine groups is 1. The monoisotopic (exact) mass is 464 g/mol. The molecule has 0 aliphatic carbocycles. The molecule has 10 heteroatoms. The van der Waals surface area contributed by atoms with E-state index in [0.29, 0.717) is 31.8 Å². The first-order chi connectivity index (χ1) is 14.0. The van der Waals surface area contributed by atoms with Crippen molar-refractivity contribution in [2.75, 3.05) is 44.9 Å². The highest BCUT2D eigenvalue weighted by Crippen LogP contribution is 2.27. The first kappa shape index (κ1) is 20.3. The predicted molar refractivity (Wildman–Crippen MR) is 111 cm³/mol. The molecule has 2 amide bonds. The van der Waals surface area contributed by atoms with Crippen LogP contribution in [-0.4, -0.2) is 74.0 Å². The lowest BCUT2D eigenvalue weighted by molar-refractivity contribution is -0.138. The Bertz CT molecular complexity index is 839. The third-order valence-corrected chi connectivity index (χ3v) is 5.91. The summed E-state index contributed by atoms with van der Waals surface area (Å²) in [7, 11) is 1.52. The maximum atomic E-state index is 12.7. The van der Waals surface area contributed by atoms with E-state index in [-0.39, 0.29) is 30.9 Å². The highest BCUT2D eigenvalue weighted by Gasteiger charge is 2.39. The summed E-state index contributed by atoms with van der Waals surface area (Å²) in [4.78, 5) is 28.6. The Balaban J connectivity index is 1.39. The molecule has 3 N–H and O–H groups in total. The highest BCUT2D eigenvalue weighted by molar-refractivity contribution is 9.10. The number of nitrogens with one attached hydrogen (secondary N) is 3. The van der Waals surface area contributed by atoms with Crippen LogP contribution < -0.4 is 21.1 Å². The molecule has 0 spiro atoms. The van der Waals surface area contributed by atoms with E-state index in [1.807, 2.05) is 36.3 Å². The fourth-order valence-electron chi connectivity index (χ4n) is 3.85. The summed E-state index contributed by atoms with van der Waals surface area (Å²) in [6.45, 7) is 4.71. The van der Waals surface area contributed by atoms with Gasteiger partial charge in [0.2, 0.25) is 5.91 Å². The Labute approximate surface area is 178 Å². The number of nitrogens with zero attached hydrogens (tertiary/aromatic N) is 3. The molecule has 0 radical (unpaired) electrons. The first-order valence-corrected chi connectivity index (χ1v) is 10.4. The molecule has 2 unspecified atom stereocenters. The van der Waals surface area contributed by atoms with Crippen molar-refractivity contribution >= 4 is 33.4 Å². The van der Waals surface area contributed by atoms with E-state index in [1.54, 1.807) is 4.90 Å². The van der Waals surface area contributed by atoms with Gasteiger partial charge >= 0.3 is 0 Å². The van der Waals surface area contributed by atoms with E-state index in [4.69, 9.17) is 4.74 Å². The average molecular weight is 465 g/mol. The normalized spacial score (nSPS) is 24.9. The number of hydrogen-bond acceptors (Lipinski definition) is 7. The number of halogens is 1. The van der Waals surface area contributed by atoms with Gasteiger partial charge in [0.05, 0.1) is 11.3 Å². The number of methoxy groups -OCH3 is 1. The largest absolute Gasteiger partial charge is 0.375 e. The molecule has 2 saturated heterocycles. The van der Waals surface area contributed by atoms with Crippen LogP contribution in [-0.2, 0) is 14.3 Å². The minimum absolute atomic E-state index is 0.00372. The second-order valence-electron chi connectivity index (χ2n) is 7.34. The van der Waals surface area contributed by atoms with Crippen molar-refractivity contribution in [3.05, 3.63) is 40.0 Å². The van der Waals surface area contributed by atoms with Gasteiger partial charge in [-0.05, 0) is 30.7 Å². The zero-order chi connectivity index (χ0) is 20.5. The molecule has 3 aliphatic heterocycles. The highest BCUT2D eigenvalue weighted by atomic mass is 79.9. The number of aryl methyl sites for hydroxylation is 1. The van der Waals surface area contributed by atoms with Gasteiger partial charge in [-0.2, -0.15) is 0 Å². The summed E-state index contributed by atoms with van der Waals surface area (Å²) in [6, 6.07) is 6.02. The summed E-state index contributed by atoms with van der Waals surface area (Å²) in [6.07, 6.45) is 1.27. The third-order valence-electron chi connectivity index (χ3n) is 5.42. The van der Waals surface area contributed by atoms with E-state index in [1.165, 1.54) is 7.11 Å². The van der Waals surface area contributed by atoms with E-state index >= 15 is 0 Å². The Hall–Kier alpha value is -1.98. The Morgan fingerprint density at radius 1 is 1.28 bits per heavy atom. The quantitative estimate of drug-likeness (QED) is 0.581. The SMILES string of the molecule is COCC(=O)N1CCN(C2NC(=O)C3=CN(c4ccc(Br)cc4C)NC3N2)CC1. The number of benzene rings is 1. The second-order valence-corrected chi connectivity index (χ2v) is 8.26. The molecule has 2 fully saturated rings. The predicted octanol–water partition coefficient (Wildman–Crippen LogP) is 0.0857. The van der Waals surface area contributed by atoms with Crippen LogP contribution in [0.5, 0.6) is 0 Å². The summed E-state index contributed by atoms with van der Waals surface area (Å²) < 4.78 is 5.94. The molecule has 1 aromatic carbocycles. The van der Waals surface area contributed by atoms with Gasteiger partial charge in [-0.1, -0.05) is 15.9 Å². The Kier molecular flexibility index (Phi) is 5.88. The van der Waals surface area contributed by atoms with Gasteiger partial charge in [-0.25, -0.2) is 5.43 Å². The van der Waals surface area contributed by atoms with Crippen LogP contribution >= 0.6 is 15.9 Å². The molecule has 1 aromatic rings. The lowest BCUT2D eigenvalue weighted by Crippen LogP contribution is -2.69. The molecule has 3 heterocycles. The molecule has 3 aliphatic rings. The molecule has 2 atom stereocenters. The number of fused-ring (bicyclic) bond motifs is 1. The molecule has 29 heavy (non-hydrogen) atoms. The molecule has 156 valence electrons. The van der Waals surface area contributed by atoms with Gasteiger partial charge in [0.25, 0.3) is 5.91 Å². The average Bonchev–Trinajstić information content (AvgIpc) is 3.13. The van der Waals surface area contributed by atoms with Crippen LogP contribution in [0.4, 0.5) is 5.69 Å². The van der Waals surface area contributed by atoms with Crippen molar-refractivity contribution in [1.29, 1.82) is 0 Å². The summed E-state index contributed by atoms with van der Waals surface area (Å²) in [5, 5.41) is 8.37. The van der Waals surface area contributed by atoms with Crippen molar-refractivity contribution in [2.45, 2.75) is 19.4 Å². The number of ether oxygens (including phenoxy) is 1. The van der Waals surface area contributed by atoms with Crippen molar-refractivity contribution in [2.24, 2.45) is 0 Å². The molecule has 0 bridgehead atoms. The van der Waals surface area contributed by atoms with Crippen LogP contribution in [0.25, 0.3) is 0 Å². The zero-order valence-electron chi connectivity index (χ0n) is 16.4. The third kappa shape index (κ3) is 4.17. The number of hydrogen-bond donors (Lipinski definition) is 3. The number of piperazine rings is 1. The molecular weight excluding hydrogens is 440 g/mol. The molecule has 4 rings (SSSR count). The maximum Gasteiger partial charge on any atom is 0.254 e. The van der Waals surface area contributed by atoms with Crippen molar-refractivity contribution in [3.63, 3.8) is 0 Å². The van der Waals surface area contributed by atoms with Gasteiger partial charge < -0.3 is 15.0 Å². The standard InChI is InChI=1S/C19H25BrN6O3/c1-12-9-13(20)3-4-15(12)26-10-14-17(23-26)21-19(22-18(14)28)25-7-5-24(6-8-25)16(27)11-29-2/h3-4,9-10,17,19,21,23H,5-8,11H2,1-2H3,(H,22,28). The van der Waals surface area contributed by atoms with E-state index in [2.05, 4.69) is 36.9 Å². The van der Waals surface area contributed by atoms with Crippen LogP contribution in [0, 0.1) is 6.92 Å². The lowest BCUT2D eigenvalue weighted by atomic mass is 10.1. The van der Waals surface area contributed by atoms with Gasteiger partial charge in [-0.3, -0.25) is 24.8 Å². The Morgan fingerprint density at radius 3 is 2.72 bits per heavy atom. The zero-order valence-corrected chi connectivity index (χ0v) is 18.0. The second kappa shape index (κ2) is 8.41.